The number of cyclic esters (lactones) is 1. The van der Waals surface area contributed by atoms with Crippen LogP contribution in [0.3, 0.4) is 0 Å². The van der Waals surface area contributed by atoms with E-state index in [2.05, 4.69) is 0 Å². The molecule has 3 heterocycles. The van der Waals surface area contributed by atoms with Crippen LogP contribution in [0.1, 0.15) is 103 Å². The molecule has 0 aromatic heterocycles. The Balaban J connectivity index is 2.21. The van der Waals surface area contributed by atoms with Crippen LogP contribution in [0.25, 0.3) is 0 Å². The summed E-state index contributed by atoms with van der Waals surface area (Å²) in [6.45, 7) is 24.2. The molecule has 0 spiro atoms. The Labute approximate surface area is 307 Å². The third kappa shape index (κ3) is 9.02. The molecular weight excluding hydrogens is 658 g/mol. The van der Waals surface area contributed by atoms with Crippen LogP contribution < -0.4 is 0 Å². The van der Waals surface area contributed by atoms with Gasteiger partial charge in [0.25, 0.3) is 0 Å². The molecule has 17 atom stereocenters. The van der Waals surface area contributed by atoms with E-state index in [1.54, 1.807) is 48.5 Å². The fourth-order valence-electron chi connectivity index (χ4n) is 8.59. The van der Waals surface area contributed by atoms with Crippen molar-refractivity contribution >= 4 is 11.8 Å². The topological polar surface area (TPSA) is 153 Å². The minimum atomic E-state index is -1.09. The molecule has 3 rings (SSSR count). The van der Waals surface area contributed by atoms with Gasteiger partial charge < -0.3 is 48.6 Å². The van der Waals surface area contributed by atoms with Crippen molar-refractivity contribution in [1.29, 1.82) is 0 Å². The number of hydrogen-bond donors (Lipinski definition) is 3. The van der Waals surface area contributed by atoms with E-state index in [0.717, 1.165) is 0 Å². The lowest BCUT2D eigenvalue weighted by molar-refractivity contribution is -0.314. The third-order valence-corrected chi connectivity index (χ3v) is 13.3. The summed E-state index contributed by atoms with van der Waals surface area (Å²) in [6.07, 6.45) is -7.21. The molecule has 0 amide bonds. The Morgan fingerprint density at radius 1 is 0.784 bits per heavy atom. The fourth-order valence-corrected chi connectivity index (χ4v) is 8.59. The minimum absolute atomic E-state index is 0.100. The van der Waals surface area contributed by atoms with E-state index in [4.69, 9.17) is 28.4 Å². The van der Waals surface area contributed by atoms with Gasteiger partial charge in [0, 0.05) is 42.7 Å². The summed E-state index contributed by atoms with van der Waals surface area (Å²) in [6, 6.07) is -0.225. The van der Waals surface area contributed by atoms with E-state index < -0.39 is 101 Å². The lowest BCUT2D eigenvalue weighted by Crippen LogP contribution is -2.60. The van der Waals surface area contributed by atoms with Gasteiger partial charge in [-0.25, -0.2) is 0 Å². The van der Waals surface area contributed by atoms with Crippen LogP contribution in [0.2, 0.25) is 0 Å². The van der Waals surface area contributed by atoms with E-state index in [-0.39, 0.29) is 30.3 Å². The maximum atomic E-state index is 14.2. The van der Waals surface area contributed by atoms with Crippen molar-refractivity contribution in [3.05, 3.63) is 0 Å². The number of ether oxygens (including phenoxy) is 6. The van der Waals surface area contributed by atoms with E-state index in [1.807, 2.05) is 60.5 Å². The van der Waals surface area contributed by atoms with Crippen LogP contribution in [0.15, 0.2) is 0 Å². The zero-order valence-electron chi connectivity index (χ0n) is 34.2. The van der Waals surface area contributed by atoms with Crippen molar-refractivity contribution in [3.63, 3.8) is 0 Å². The Bertz CT molecular complexity index is 1180. The second-order valence-electron chi connectivity index (χ2n) is 17.7. The quantitative estimate of drug-likeness (QED) is 0.336. The summed E-state index contributed by atoms with van der Waals surface area (Å²) in [5, 5.41) is 34.1. The molecule has 3 fully saturated rings. The van der Waals surface area contributed by atoms with Crippen LogP contribution in [-0.4, -0.2) is 126 Å². The first kappa shape index (κ1) is 44.2. The SMILES string of the molecule is COC1(C)CC(OC2[C@H](C)C(OC3O[C@H](C)CC(N(C)C)C3O)C(C)(C)C(C)[C@@H](C)C(=O)[C@H](C)C(O)C(C)(C)C(C)OC(=O)[C@@H]2C)O[C@@H](C)C1O. The number of esters is 1. The zero-order valence-corrected chi connectivity index (χ0v) is 34.2. The van der Waals surface area contributed by atoms with Crippen LogP contribution in [0.4, 0.5) is 0 Å². The summed E-state index contributed by atoms with van der Waals surface area (Å²) < 4.78 is 38.1. The van der Waals surface area contributed by atoms with Crippen molar-refractivity contribution < 1.29 is 53.3 Å². The summed E-state index contributed by atoms with van der Waals surface area (Å²) in [5.74, 6) is -3.56. The predicted octanol–water partition coefficient (Wildman–Crippen LogP) is 4.19. The number of likely N-dealkylation sites (N-methyl/N-ethyl adjacent to an activating group) is 1. The molecule has 11 unspecified atom stereocenters. The molecule has 0 aliphatic carbocycles. The highest BCUT2D eigenvalue weighted by atomic mass is 16.7. The van der Waals surface area contributed by atoms with Gasteiger partial charge in [0.1, 0.15) is 24.1 Å². The first-order valence-electron chi connectivity index (χ1n) is 18.9. The number of carbonyl (C=O) groups excluding carboxylic acids is 2. The second-order valence-corrected chi connectivity index (χ2v) is 17.7. The summed E-state index contributed by atoms with van der Waals surface area (Å²) in [7, 11) is 5.36. The average molecular weight is 730 g/mol. The molecule has 51 heavy (non-hydrogen) atoms. The molecule has 3 aliphatic heterocycles. The summed E-state index contributed by atoms with van der Waals surface area (Å²) in [4.78, 5) is 30.3. The van der Waals surface area contributed by atoms with Gasteiger partial charge in [-0.3, -0.25) is 9.59 Å². The molecule has 3 N–H and O–H groups in total. The minimum Gasteiger partial charge on any atom is -0.462 e. The molecule has 3 saturated heterocycles. The van der Waals surface area contributed by atoms with Crippen molar-refractivity contribution in [2.24, 2.45) is 40.4 Å². The molecule has 0 saturated carbocycles. The number of hydrogen-bond acceptors (Lipinski definition) is 12. The Morgan fingerprint density at radius 2 is 1.37 bits per heavy atom. The second kappa shape index (κ2) is 16.7. The Kier molecular flexibility index (Phi) is 14.4. The molecule has 0 aromatic rings. The lowest BCUT2D eigenvalue weighted by Gasteiger charge is -2.51. The summed E-state index contributed by atoms with van der Waals surface area (Å²) in [5.41, 5.74) is -2.70. The monoisotopic (exact) mass is 730 g/mol. The van der Waals surface area contributed by atoms with Crippen LogP contribution >= 0.6 is 0 Å². The van der Waals surface area contributed by atoms with Crippen molar-refractivity contribution in [2.75, 3.05) is 21.2 Å². The van der Waals surface area contributed by atoms with Gasteiger partial charge in [-0.2, -0.15) is 0 Å². The number of ketones is 1. The van der Waals surface area contributed by atoms with Gasteiger partial charge in [0.05, 0.1) is 42.0 Å². The van der Waals surface area contributed by atoms with Gasteiger partial charge in [-0.15, -0.1) is 0 Å². The van der Waals surface area contributed by atoms with E-state index in [0.29, 0.717) is 6.42 Å². The normalized spacial score (nSPS) is 47.5. The lowest BCUT2D eigenvalue weighted by atomic mass is 9.63. The van der Waals surface area contributed by atoms with Gasteiger partial charge in [-0.1, -0.05) is 55.4 Å². The molecule has 0 radical (unpaired) electrons. The van der Waals surface area contributed by atoms with Crippen LogP contribution in [0, 0.1) is 40.4 Å². The largest absolute Gasteiger partial charge is 0.462 e. The van der Waals surface area contributed by atoms with Crippen molar-refractivity contribution in [2.45, 2.75) is 176 Å². The number of aliphatic hydroxyl groups is 3. The van der Waals surface area contributed by atoms with Gasteiger partial charge in [0.15, 0.2) is 12.6 Å². The smallest absolute Gasteiger partial charge is 0.311 e. The molecule has 0 bridgehead atoms. The van der Waals surface area contributed by atoms with Crippen molar-refractivity contribution in [3.8, 4) is 0 Å². The highest BCUT2D eigenvalue weighted by molar-refractivity contribution is 5.83. The van der Waals surface area contributed by atoms with E-state index in [9.17, 15) is 24.9 Å². The van der Waals surface area contributed by atoms with Crippen molar-refractivity contribution in [1.82, 2.24) is 4.90 Å². The van der Waals surface area contributed by atoms with Gasteiger partial charge in [0.2, 0.25) is 0 Å². The fraction of sp³-hybridized carbons (Fsp3) is 0.949. The van der Waals surface area contributed by atoms with Crippen LogP contribution in [0.5, 0.6) is 0 Å². The molecule has 298 valence electrons. The zero-order chi connectivity index (χ0) is 39.1. The predicted molar refractivity (Wildman–Crippen MR) is 193 cm³/mol. The molecule has 0 aromatic carbocycles. The Hall–Kier alpha value is -1.22. The van der Waals surface area contributed by atoms with E-state index >= 15 is 0 Å². The highest BCUT2D eigenvalue weighted by Gasteiger charge is 2.53. The molecule has 3 aliphatic rings. The van der Waals surface area contributed by atoms with Gasteiger partial charge >= 0.3 is 5.97 Å². The number of methoxy groups -OCH3 is 1. The number of Topliss-reactive ketones (excluding diaryl/α,β-unsaturated/α-hetero) is 1. The standard InChI is InChI=1S/C39H71NO11/c1-19-17-27(40(14)15)30(42)36(47-19)51-34-22(4)31(50-28-18-39(13,46-16)33(44)25(7)48-28)23(5)35(45)49-26(8)38(11,12)32(43)21(3)29(41)20(2)24(6)37(34,9)10/h19-28,30-34,36,42-44H,17-18H2,1-16H3/t19-,20-,21+,22+,23-,24?,25+,26?,27?,28?,30?,31?,32?,33?,34?,36?,39?/m1/s1. The first-order valence-corrected chi connectivity index (χ1v) is 18.9. The first-order chi connectivity index (χ1) is 23.3. The average Bonchev–Trinajstić information content (AvgIpc) is 3.06. The maximum absolute atomic E-state index is 14.2. The number of carbonyl (C=O) groups is 2. The summed E-state index contributed by atoms with van der Waals surface area (Å²) >= 11 is 0. The highest BCUT2D eigenvalue weighted by Crippen LogP contribution is 2.46. The number of rotatable bonds is 6. The van der Waals surface area contributed by atoms with Crippen LogP contribution in [-0.2, 0) is 38.0 Å². The number of nitrogens with zero attached hydrogens (tertiary/aromatic N) is 1. The number of aliphatic hydroxyl groups excluding tert-OH is 3. The third-order valence-electron chi connectivity index (χ3n) is 13.3. The molecular formula is C39H71NO11. The Morgan fingerprint density at radius 3 is 1.92 bits per heavy atom. The molecule has 12 heteroatoms. The maximum Gasteiger partial charge on any atom is 0.311 e. The van der Waals surface area contributed by atoms with Gasteiger partial charge in [-0.05, 0) is 66.5 Å². The van der Waals surface area contributed by atoms with E-state index in [1.165, 1.54) is 7.11 Å². The molecule has 12 nitrogen and oxygen atoms in total.